The molecule has 1 aliphatic carbocycles. The van der Waals surface area contributed by atoms with Crippen molar-refractivity contribution in [2.45, 2.75) is 45.1 Å². The van der Waals surface area contributed by atoms with Crippen LogP contribution >= 0.6 is 0 Å². The summed E-state index contributed by atoms with van der Waals surface area (Å²) in [6.45, 7) is 6.20. The van der Waals surface area contributed by atoms with Gasteiger partial charge in [-0.3, -0.25) is 0 Å². The molecular formula is C12H23N. The number of hydrogen-bond donors (Lipinski definition) is 1. The quantitative estimate of drug-likeness (QED) is 0.657. The summed E-state index contributed by atoms with van der Waals surface area (Å²) in [5, 5.41) is 3.42. The van der Waals surface area contributed by atoms with Crippen molar-refractivity contribution in [1.82, 2.24) is 5.32 Å². The molecule has 1 nitrogen and oxygen atoms in total. The SMILES string of the molecule is C=CCC(NC)C1CCCC(C)C1. The van der Waals surface area contributed by atoms with Crippen molar-refractivity contribution in [1.29, 1.82) is 0 Å². The zero-order valence-corrected chi connectivity index (χ0v) is 9.05. The molecule has 0 amide bonds. The molecule has 0 heterocycles. The lowest BCUT2D eigenvalue weighted by Crippen LogP contribution is -2.35. The molecule has 3 atom stereocenters. The molecular weight excluding hydrogens is 158 g/mol. The van der Waals surface area contributed by atoms with Crippen LogP contribution in [-0.4, -0.2) is 13.1 Å². The third-order valence-corrected chi connectivity index (χ3v) is 3.34. The molecule has 13 heavy (non-hydrogen) atoms. The first-order chi connectivity index (χ1) is 6.27. The van der Waals surface area contributed by atoms with Gasteiger partial charge >= 0.3 is 0 Å². The second-order valence-corrected chi connectivity index (χ2v) is 4.45. The smallest absolute Gasteiger partial charge is 0.0127 e. The Balaban J connectivity index is 2.42. The Kier molecular flexibility index (Phi) is 4.51. The highest BCUT2D eigenvalue weighted by molar-refractivity contribution is 4.85. The normalized spacial score (nSPS) is 31.2. The van der Waals surface area contributed by atoms with E-state index < -0.39 is 0 Å². The van der Waals surface area contributed by atoms with Crippen LogP contribution in [0.2, 0.25) is 0 Å². The highest BCUT2D eigenvalue weighted by Crippen LogP contribution is 2.31. The summed E-state index contributed by atoms with van der Waals surface area (Å²) >= 11 is 0. The van der Waals surface area contributed by atoms with Crippen LogP contribution in [-0.2, 0) is 0 Å². The zero-order valence-electron chi connectivity index (χ0n) is 9.05. The van der Waals surface area contributed by atoms with Gasteiger partial charge in [0, 0.05) is 6.04 Å². The summed E-state index contributed by atoms with van der Waals surface area (Å²) in [4.78, 5) is 0. The number of nitrogens with one attached hydrogen (secondary N) is 1. The molecule has 0 aliphatic heterocycles. The van der Waals surface area contributed by atoms with E-state index >= 15 is 0 Å². The summed E-state index contributed by atoms with van der Waals surface area (Å²) in [5.74, 6) is 1.81. The molecule has 1 saturated carbocycles. The van der Waals surface area contributed by atoms with Crippen LogP contribution < -0.4 is 5.32 Å². The first-order valence-electron chi connectivity index (χ1n) is 5.56. The molecule has 0 aromatic carbocycles. The molecule has 1 heteroatoms. The fourth-order valence-corrected chi connectivity index (χ4v) is 2.57. The Hall–Kier alpha value is -0.300. The minimum absolute atomic E-state index is 0.667. The molecule has 1 aliphatic rings. The molecule has 1 fully saturated rings. The maximum Gasteiger partial charge on any atom is 0.0127 e. The van der Waals surface area contributed by atoms with Crippen LogP contribution in [0, 0.1) is 11.8 Å². The van der Waals surface area contributed by atoms with E-state index in [1.807, 2.05) is 6.08 Å². The Labute approximate surface area is 82.6 Å². The van der Waals surface area contributed by atoms with E-state index in [9.17, 15) is 0 Å². The number of hydrogen-bond acceptors (Lipinski definition) is 1. The lowest BCUT2D eigenvalue weighted by Gasteiger charge is -2.32. The maximum atomic E-state index is 3.82. The predicted molar refractivity (Wildman–Crippen MR) is 58.8 cm³/mol. The lowest BCUT2D eigenvalue weighted by molar-refractivity contribution is 0.229. The average Bonchev–Trinajstić information content (AvgIpc) is 2.14. The summed E-state index contributed by atoms with van der Waals surface area (Å²) in [6, 6.07) is 0.667. The summed E-state index contributed by atoms with van der Waals surface area (Å²) < 4.78 is 0. The van der Waals surface area contributed by atoms with E-state index in [-0.39, 0.29) is 0 Å². The van der Waals surface area contributed by atoms with E-state index in [1.165, 1.54) is 25.7 Å². The second-order valence-electron chi connectivity index (χ2n) is 4.45. The van der Waals surface area contributed by atoms with Gasteiger partial charge in [-0.15, -0.1) is 6.58 Å². The Morgan fingerprint density at radius 1 is 1.54 bits per heavy atom. The van der Waals surface area contributed by atoms with Crippen LogP contribution in [0.4, 0.5) is 0 Å². The highest BCUT2D eigenvalue weighted by Gasteiger charge is 2.24. The van der Waals surface area contributed by atoms with Crippen molar-refractivity contribution in [2.24, 2.45) is 11.8 Å². The molecule has 0 radical (unpaired) electrons. The molecule has 3 unspecified atom stereocenters. The van der Waals surface area contributed by atoms with E-state index in [0.717, 1.165) is 18.3 Å². The van der Waals surface area contributed by atoms with Crippen LogP contribution in [0.3, 0.4) is 0 Å². The molecule has 0 saturated heterocycles. The molecule has 1 N–H and O–H groups in total. The van der Waals surface area contributed by atoms with Crippen molar-refractivity contribution >= 4 is 0 Å². The second kappa shape index (κ2) is 5.43. The third kappa shape index (κ3) is 3.15. The van der Waals surface area contributed by atoms with Gasteiger partial charge in [0.25, 0.3) is 0 Å². The van der Waals surface area contributed by atoms with Gasteiger partial charge in [-0.1, -0.05) is 25.8 Å². The lowest BCUT2D eigenvalue weighted by atomic mass is 9.78. The van der Waals surface area contributed by atoms with Crippen molar-refractivity contribution in [3.05, 3.63) is 12.7 Å². The Morgan fingerprint density at radius 3 is 2.85 bits per heavy atom. The molecule has 0 spiro atoms. The van der Waals surface area contributed by atoms with Crippen molar-refractivity contribution < 1.29 is 0 Å². The van der Waals surface area contributed by atoms with Crippen LogP contribution in [0.1, 0.15) is 39.0 Å². The van der Waals surface area contributed by atoms with Crippen LogP contribution in [0.5, 0.6) is 0 Å². The molecule has 76 valence electrons. The fraction of sp³-hybridized carbons (Fsp3) is 0.833. The summed E-state index contributed by atoms with van der Waals surface area (Å²) in [5.41, 5.74) is 0. The number of rotatable bonds is 4. The Morgan fingerprint density at radius 2 is 2.31 bits per heavy atom. The summed E-state index contributed by atoms with van der Waals surface area (Å²) in [7, 11) is 2.08. The fourth-order valence-electron chi connectivity index (χ4n) is 2.57. The van der Waals surface area contributed by atoms with Gasteiger partial charge in [-0.25, -0.2) is 0 Å². The monoisotopic (exact) mass is 181 g/mol. The van der Waals surface area contributed by atoms with Gasteiger partial charge in [-0.2, -0.15) is 0 Å². The minimum Gasteiger partial charge on any atom is -0.316 e. The first-order valence-corrected chi connectivity index (χ1v) is 5.56. The third-order valence-electron chi connectivity index (χ3n) is 3.34. The Bertz CT molecular complexity index is 153. The minimum atomic E-state index is 0.667. The maximum absolute atomic E-state index is 3.82. The van der Waals surface area contributed by atoms with Gasteiger partial charge in [0.15, 0.2) is 0 Å². The molecule has 0 aromatic heterocycles. The molecule has 0 aromatic rings. The largest absolute Gasteiger partial charge is 0.316 e. The zero-order chi connectivity index (χ0) is 9.68. The van der Waals surface area contributed by atoms with Gasteiger partial charge in [-0.05, 0) is 38.1 Å². The first kappa shape index (κ1) is 10.8. The molecule has 1 rings (SSSR count). The van der Waals surface area contributed by atoms with E-state index in [1.54, 1.807) is 0 Å². The van der Waals surface area contributed by atoms with Crippen molar-refractivity contribution in [3.63, 3.8) is 0 Å². The standard InChI is InChI=1S/C12H23N/c1-4-6-12(13-3)11-8-5-7-10(2)9-11/h4,10-13H,1,5-9H2,2-3H3. The molecule has 0 bridgehead atoms. The van der Waals surface area contributed by atoms with E-state index in [0.29, 0.717) is 6.04 Å². The average molecular weight is 181 g/mol. The van der Waals surface area contributed by atoms with Crippen molar-refractivity contribution in [3.8, 4) is 0 Å². The van der Waals surface area contributed by atoms with Crippen LogP contribution in [0.15, 0.2) is 12.7 Å². The predicted octanol–water partition coefficient (Wildman–Crippen LogP) is 2.98. The van der Waals surface area contributed by atoms with E-state index in [2.05, 4.69) is 25.9 Å². The highest BCUT2D eigenvalue weighted by atomic mass is 14.9. The summed E-state index contributed by atoms with van der Waals surface area (Å²) in [6.07, 6.45) is 8.82. The van der Waals surface area contributed by atoms with Gasteiger partial charge in [0.2, 0.25) is 0 Å². The van der Waals surface area contributed by atoms with E-state index in [4.69, 9.17) is 0 Å². The van der Waals surface area contributed by atoms with Gasteiger partial charge < -0.3 is 5.32 Å². The van der Waals surface area contributed by atoms with Crippen molar-refractivity contribution in [2.75, 3.05) is 7.05 Å². The topological polar surface area (TPSA) is 12.0 Å². The van der Waals surface area contributed by atoms with Gasteiger partial charge in [0.1, 0.15) is 0 Å². The van der Waals surface area contributed by atoms with Gasteiger partial charge in [0.05, 0.1) is 0 Å². The van der Waals surface area contributed by atoms with Crippen LogP contribution in [0.25, 0.3) is 0 Å².